The predicted molar refractivity (Wildman–Crippen MR) is 97.5 cm³/mol. The maximum Gasteiger partial charge on any atom is 0.323 e. The van der Waals surface area contributed by atoms with Crippen molar-refractivity contribution in [1.82, 2.24) is 9.21 Å². The van der Waals surface area contributed by atoms with Crippen LogP contribution in [0.15, 0.2) is 29.2 Å². The van der Waals surface area contributed by atoms with E-state index in [-0.39, 0.29) is 16.5 Å². The number of aliphatic carboxylic acids is 1. The van der Waals surface area contributed by atoms with Crippen molar-refractivity contribution in [2.75, 3.05) is 19.6 Å². The summed E-state index contributed by atoms with van der Waals surface area (Å²) < 4.78 is 27.0. The second-order valence-electron chi connectivity index (χ2n) is 6.76. The van der Waals surface area contributed by atoms with Gasteiger partial charge in [0.1, 0.15) is 6.54 Å². The van der Waals surface area contributed by atoms with E-state index >= 15 is 0 Å². The molecule has 0 atom stereocenters. The number of nitrogens with zero attached hydrogens (tertiary/aromatic N) is 2. The summed E-state index contributed by atoms with van der Waals surface area (Å²) in [5.74, 6) is -1.52. The molecule has 0 bridgehead atoms. The van der Waals surface area contributed by atoms with Crippen molar-refractivity contribution in [2.45, 2.75) is 50.5 Å². The molecule has 1 N–H and O–H groups in total. The summed E-state index contributed by atoms with van der Waals surface area (Å²) in [7, 11) is -3.57. The van der Waals surface area contributed by atoms with Crippen LogP contribution in [0.5, 0.6) is 0 Å². The summed E-state index contributed by atoms with van der Waals surface area (Å²) in [5.41, 5.74) is 0.273. The minimum Gasteiger partial charge on any atom is -0.480 e. The molecule has 1 aliphatic rings. The van der Waals surface area contributed by atoms with Crippen LogP contribution in [0, 0.1) is 0 Å². The van der Waals surface area contributed by atoms with Gasteiger partial charge in [-0.25, -0.2) is 8.42 Å². The fourth-order valence-corrected chi connectivity index (χ4v) is 4.52. The number of rotatable bonds is 6. The zero-order valence-corrected chi connectivity index (χ0v) is 16.0. The van der Waals surface area contributed by atoms with Gasteiger partial charge in [0, 0.05) is 24.7 Å². The number of hydrogen-bond donors (Lipinski definition) is 1. The molecule has 0 spiro atoms. The van der Waals surface area contributed by atoms with E-state index < -0.39 is 28.4 Å². The van der Waals surface area contributed by atoms with E-state index in [4.69, 9.17) is 5.11 Å². The molecule has 0 saturated carbocycles. The smallest absolute Gasteiger partial charge is 0.323 e. The van der Waals surface area contributed by atoms with Crippen molar-refractivity contribution >= 4 is 21.9 Å². The van der Waals surface area contributed by atoms with Gasteiger partial charge in [-0.3, -0.25) is 9.59 Å². The summed E-state index contributed by atoms with van der Waals surface area (Å²) in [4.78, 5) is 24.9. The van der Waals surface area contributed by atoms with Crippen LogP contribution >= 0.6 is 0 Å². The zero-order chi connectivity index (χ0) is 19.3. The first-order chi connectivity index (χ1) is 12.2. The molecule has 1 heterocycles. The number of benzene rings is 1. The molecule has 144 valence electrons. The minimum atomic E-state index is -3.57. The van der Waals surface area contributed by atoms with Crippen molar-refractivity contribution in [1.29, 1.82) is 0 Å². The molecule has 1 aliphatic heterocycles. The molecule has 0 radical (unpaired) electrons. The highest BCUT2D eigenvalue weighted by Gasteiger charge is 2.26. The highest BCUT2D eigenvalue weighted by atomic mass is 32.2. The highest BCUT2D eigenvalue weighted by molar-refractivity contribution is 7.89. The number of hydrogen-bond acceptors (Lipinski definition) is 4. The molecule has 0 unspecified atom stereocenters. The van der Waals surface area contributed by atoms with E-state index in [1.165, 1.54) is 33.5 Å². The van der Waals surface area contributed by atoms with Crippen LogP contribution in [0.25, 0.3) is 0 Å². The molecule has 1 aromatic rings. The van der Waals surface area contributed by atoms with Crippen molar-refractivity contribution < 1.29 is 23.1 Å². The largest absolute Gasteiger partial charge is 0.480 e. The Morgan fingerprint density at radius 1 is 1.08 bits per heavy atom. The molecule has 1 saturated heterocycles. The number of carbonyl (C=O) groups excluding carboxylic acids is 1. The van der Waals surface area contributed by atoms with Gasteiger partial charge in [-0.05, 0) is 51.0 Å². The van der Waals surface area contributed by atoms with Gasteiger partial charge in [-0.1, -0.05) is 12.8 Å². The lowest BCUT2D eigenvalue weighted by molar-refractivity contribution is -0.138. The molecule has 2 rings (SSSR count). The number of carbonyl (C=O) groups is 2. The maximum atomic E-state index is 12.8. The Balaban J connectivity index is 2.21. The molecule has 7 nitrogen and oxygen atoms in total. The quantitative estimate of drug-likeness (QED) is 0.814. The molecule has 1 amide bonds. The van der Waals surface area contributed by atoms with Crippen molar-refractivity contribution in [3.05, 3.63) is 29.8 Å². The number of carboxylic acid groups (broad SMARTS) is 1. The van der Waals surface area contributed by atoms with E-state index in [1.54, 1.807) is 13.8 Å². The first kappa shape index (κ1) is 20.4. The zero-order valence-electron chi connectivity index (χ0n) is 15.2. The molecule has 1 aromatic carbocycles. The van der Waals surface area contributed by atoms with Crippen LogP contribution in [0.2, 0.25) is 0 Å². The third-order valence-electron chi connectivity index (χ3n) is 4.49. The average molecular weight is 382 g/mol. The molecular weight excluding hydrogens is 356 g/mol. The van der Waals surface area contributed by atoms with E-state index in [2.05, 4.69) is 0 Å². The van der Waals surface area contributed by atoms with Gasteiger partial charge < -0.3 is 10.0 Å². The van der Waals surface area contributed by atoms with Crippen molar-refractivity contribution in [3.8, 4) is 0 Å². The Labute approximate surface area is 154 Å². The van der Waals surface area contributed by atoms with Gasteiger partial charge in [0.15, 0.2) is 0 Å². The van der Waals surface area contributed by atoms with Crippen molar-refractivity contribution in [3.63, 3.8) is 0 Å². The second-order valence-corrected chi connectivity index (χ2v) is 8.70. The number of amides is 1. The molecule has 0 aliphatic carbocycles. The number of sulfonamides is 1. The summed E-state index contributed by atoms with van der Waals surface area (Å²) in [5, 5.41) is 8.97. The Bertz CT molecular complexity index is 735. The highest BCUT2D eigenvalue weighted by Crippen LogP contribution is 2.21. The number of carboxylic acids is 1. The monoisotopic (exact) mass is 382 g/mol. The molecule has 8 heteroatoms. The van der Waals surface area contributed by atoms with Crippen LogP contribution in [0.3, 0.4) is 0 Å². The molecule has 26 heavy (non-hydrogen) atoms. The Morgan fingerprint density at radius 2 is 1.62 bits per heavy atom. The first-order valence-electron chi connectivity index (χ1n) is 8.86. The minimum absolute atomic E-state index is 0.158. The lowest BCUT2D eigenvalue weighted by Crippen LogP contribution is -2.40. The van der Waals surface area contributed by atoms with Crippen LogP contribution in [-0.2, 0) is 14.8 Å². The van der Waals surface area contributed by atoms with E-state index in [0.29, 0.717) is 13.1 Å². The van der Waals surface area contributed by atoms with Crippen LogP contribution in [0.1, 0.15) is 49.9 Å². The Kier molecular flexibility index (Phi) is 6.77. The van der Waals surface area contributed by atoms with Crippen molar-refractivity contribution in [2.24, 2.45) is 0 Å². The van der Waals surface area contributed by atoms with E-state index in [9.17, 15) is 18.0 Å². The van der Waals surface area contributed by atoms with Gasteiger partial charge in [0.05, 0.1) is 4.90 Å². The second kappa shape index (κ2) is 8.64. The van der Waals surface area contributed by atoms with Gasteiger partial charge >= 0.3 is 5.97 Å². The van der Waals surface area contributed by atoms with Crippen LogP contribution in [0.4, 0.5) is 0 Å². The SMILES string of the molecule is CC(C)N(CC(=O)O)C(=O)c1ccc(S(=O)(=O)N2CCCCCC2)cc1. The molecular formula is C18H26N2O5S. The first-order valence-corrected chi connectivity index (χ1v) is 10.3. The topological polar surface area (TPSA) is 95.0 Å². The fraction of sp³-hybridized carbons (Fsp3) is 0.556. The molecule has 1 fully saturated rings. The van der Waals surface area contributed by atoms with E-state index in [0.717, 1.165) is 25.7 Å². The summed E-state index contributed by atoms with van der Waals surface area (Å²) in [6.07, 6.45) is 3.78. The summed E-state index contributed by atoms with van der Waals surface area (Å²) in [6, 6.07) is 5.47. The van der Waals surface area contributed by atoms with E-state index in [1.807, 2.05) is 0 Å². The maximum absolute atomic E-state index is 12.8. The third-order valence-corrected chi connectivity index (χ3v) is 6.41. The van der Waals surface area contributed by atoms with Gasteiger partial charge in [0.2, 0.25) is 10.0 Å². The van der Waals surface area contributed by atoms with Crippen LogP contribution in [-0.4, -0.2) is 60.3 Å². The average Bonchev–Trinajstić information content (AvgIpc) is 2.89. The fourth-order valence-electron chi connectivity index (χ4n) is 3.00. The normalized spacial score (nSPS) is 16.3. The van der Waals surface area contributed by atoms with Gasteiger partial charge in [-0.15, -0.1) is 0 Å². The van der Waals surface area contributed by atoms with Gasteiger partial charge in [0.25, 0.3) is 5.91 Å². The Morgan fingerprint density at radius 3 is 2.08 bits per heavy atom. The predicted octanol–water partition coefficient (Wildman–Crippen LogP) is 2.19. The van der Waals surface area contributed by atoms with Crippen LogP contribution < -0.4 is 0 Å². The lowest BCUT2D eigenvalue weighted by Gasteiger charge is -2.25. The summed E-state index contributed by atoms with van der Waals surface area (Å²) in [6.45, 7) is 4.11. The Hall–Kier alpha value is -1.93. The summed E-state index contributed by atoms with van der Waals surface area (Å²) >= 11 is 0. The third kappa shape index (κ3) is 4.82. The standard InChI is InChI=1S/C18H26N2O5S/c1-14(2)20(13-17(21)22)18(23)15-7-9-16(10-8-15)26(24,25)19-11-5-3-4-6-12-19/h7-10,14H,3-6,11-13H2,1-2H3,(H,21,22). The molecule has 0 aromatic heterocycles. The lowest BCUT2D eigenvalue weighted by atomic mass is 10.1. The van der Waals surface area contributed by atoms with Gasteiger partial charge in [-0.2, -0.15) is 4.31 Å².